The third-order valence-corrected chi connectivity index (χ3v) is 2.25. The quantitative estimate of drug-likeness (QED) is 0.775. The molecule has 0 aliphatic carbocycles. The van der Waals surface area contributed by atoms with Crippen molar-refractivity contribution in [2.75, 3.05) is 11.9 Å². The van der Waals surface area contributed by atoms with Gasteiger partial charge < -0.3 is 11.1 Å². The van der Waals surface area contributed by atoms with Gasteiger partial charge in [0.25, 0.3) is 0 Å². The molecule has 1 atom stereocenters. The van der Waals surface area contributed by atoms with Gasteiger partial charge in [0, 0.05) is 18.3 Å². The van der Waals surface area contributed by atoms with Crippen molar-refractivity contribution in [2.45, 2.75) is 19.9 Å². The van der Waals surface area contributed by atoms with Gasteiger partial charge in [-0.3, -0.25) is 0 Å². The molecular formula is C11H17FN2. The molecule has 0 amide bonds. The van der Waals surface area contributed by atoms with E-state index in [0.29, 0.717) is 12.5 Å². The maximum absolute atomic E-state index is 12.6. The lowest BCUT2D eigenvalue weighted by Crippen LogP contribution is -2.33. The topological polar surface area (TPSA) is 38.0 Å². The SMILES string of the molecule is CC(C)C(CN)Nc1ccc(F)cc1. The lowest BCUT2D eigenvalue weighted by atomic mass is 10.0. The molecule has 0 heterocycles. The van der Waals surface area contributed by atoms with Gasteiger partial charge in [-0.25, -0.2) is 4.39 Å². The number of hydrogen-bond acceptors (Lipinski definition) is 2. The first-order valence-corrected chi connectivity index (χ1v) is 4.85. The third-order valence-electron chi connectivity index (χ3n) is 2.25. The summed E-state index contributed by atoms with van der Waals surface area (Å²) < 4.78 is 12.6. The number of hydrogen-bond donors (Lipinski definition) is 2. The smallest absolute Gasteiger partial charge is 0.123 e. The Bertz CT molecular complexity index is 269. The van der Waals surface area contributed by atoms with E-state index in [1.165, 1.54) is 12.1 Å². The van der Waals surface area contributed by atoms with Gasteiger partial charge in [0.05, 0.1) is 0 Å². The number of benzene rings is 1. The van der Waals surface area contributed by atoms with Crippen LogP contribution in [-0.2, 0) is 0 Å². The van der Waals surface area contributed by atoms with Crippen LogP contribution in [-0.4, -0.2) is 12.6 Å². The molecule has 0 bridgehead atoms. The summed E-state index contributed by atoms with van der Waals surface area (Å²) in [5, 5.41) is 3.26. The summed E-state index contributed by atoms with van der Waals surface area (Å²) in [6.45, 7) is 4.79. The molecule has 3 heteroatoms. The first kappa shape index (κ1) is 11.0. The fourth-order valence-electron chi connectivity index (χ4n) is 1.26. The zero-order valence-electron chi connectivity index (χ0n) is 8.63. The van der Waals surface area contributed by atoms with Crippen molar-refractivity contribution < 1.29 is 4.39 Å². The van der Waals surface area contributed by atoms with Crippen molar-refractivity contribution in [1.82, 2.24) is 0 Å². The molecule has 1 rings (SSSR count). The summed E-state index contributed by atoms with van der Waals surface area (Å²) in [6.07, 6.45) is 0. The van der Waals surface area contributed by atoms with Crippen LogP contribution in [0, 0.1) is 11.7 Å². The average Bonchev–Trinajstić information content (AvgIpc) is 2.16. The predicted octanol–water partition coefficient (Wildman–Crippen LogP) is 2.22. The molecule has 1 unspecified atom stereocenters. The van der Waals surface area contributed by atoms with Crippen molar-refractivity contribution in [3.05, 3.63) is 30.1 Å². The first-order chi connectivity index (χ1) is 6.63. The van der Waals surface area contributed by atoms with Crippen molar-refractivity contribution >= 4 is 5.69 Å². The van der Waals surface area contributed by atoms with Crippen LogP contribution in [0.3, 0.4) is 0 Å². The summed E-state index contributed by atoms with van der Waals surface area (Å²) in [5.74, 6) is 0.245. The number of anilines is 1. The lowest BCUT2D eigenvalue weighted by Gasteiger charge is -2.21. The summed E-state index contributed by atoms with van der Waals surface area (Å²) >= 11 is 0. The average molecular weight is 196 g/mol. The summed E-state index contributed by atoms with van der Waals surface area (Å²) in [4.78, 5) is 0. The molecule has 0 aromatic heterocycles. The van der Waals surface area contributed by atoms with E-state index in [1.54, 1.807) is 12.1 Å². The fourth-order valence-corrected chi connectivity index (χ4v) is 1.26. The minimum atomic E-state index is -0.218. The Balaban J connectivity index is 2.63. The maximum atomic E-state index is 12.6. The highest BCUT2D eigenvalue weighted by molar-refractivity contribution is 5.43. The van der Waals surface area contributed by atoms with Crippen LogP contribution in [0.15, 0.2) is 24.3 Å². The molecule has 0 radical (unpaired) electrons. The van der Waals surface area contributed by atoms with E-state index in [-0.39, 0.29) is 11.9 Å². The van der Waals surface area contributed by atoms with Crippen molar-refractivity contribution in [2.24, 2.45) is 11.7 Å². The minimum absolute atomic E-state index is 0.218. The Morgan fingerprint density at radius 3 is 2.29 bits per heavy atom. The Kier molecular flexibility index (Phi) is 3.89. The molecule has 1 aromatic rings. The standard InChI is InChI=1S/C11H17FN2/c1-8(2)11(7-13)14-10-5-3-9(12)4-6-10/h3-6,8,11,14H,7,13H2,1-2H3. The second kappa shape index (κ2) is 4.96. The number of rotatable bonds is 4. The third kappa shape index (κ3) is 3.00. The van der Waals surface area contributed by atoms with Crippen LogP contribution in [0.5, 0.6) is 0 Å². The molecule has 0 fully saturated rings. The molecule has 0 aliphatic rings. The molecule has 78 valence electrons. The van der Waals surface area contributed by atoms with Gasteiger partial charge in [-0.2, -0.15) is 0 Å². The van der Waals surface area contributed by atoms with Crippen molar-refractivity contribution in [3.8, 4) is 0 Å². The van der Waals surface area contributed by atoms with Crippen molar-refractivity contribution in [1.29, 1.82) is 0 Å². The highest BCUT2D eigenvalue weighted by atomic mass is 19.1. The zero-order chi connectivity index (χ0) is 10.6. The van der Waals surface area contributed by atoms with Crippen LogP contribution in [0.2, 0.25) is 0 Å². The minimum Gasteiger partial charge on any atom is -0.381 e. The van der Waals surface area contributed by atoms with E-state index < -0.39 is 0 Å². The van der Waals surface area contributed by atoms with Crippen LogP contribution in [0.25, 0.3) is 0 Å². The number of nitrogens with two attached hydrogens (primary N) is 1. The normalized spacial score (nSPS) is 12.9. The molecule has 0 saturated heterocycles. The van der Waals surface area contributed by atoms with Gasteiger partial charge in [-0.1, -0.05) is 13.8 Å². The fraction of sp³-hybridized carbons (Fsp3) is 0.455. The monoisotopic (exact) mass is 196 g/mol. The van der Waals surface area contributed by atoms with E-state index in [9.17, 15) is 4.39 Å². The number of halogens is 1. The van der Waals surface area contributed by atoms with E-state index in [1.807, 2.05) is 0 Å². The second-order valence-corrected chi connectivity index (χ2v) is 3.74. The second-order valence-electron chi connectivity index (χ2n) is 3.74. The molecule has 14 heavy (non-hydrogen) atoms. The largest absolute Gasteiger partial charge is 0.381 e. The van der Waals surface area contributed by atoms with E-state index in [2.05, 4.69) is 19.2 Å². The molecule has 0 aliphatic heterocycles. The zero-order valence-corrected chi connectivity index (χ0v) is 8.63. The maximum Gasteiger partial charge on any atom is 0.123 e. The summed E-state index contributed by atoms with van der Waals surface area (Å²) in [7, 11) is 0. The molecular weight excluding hydrogens is 179 g/mol. The Labute approximate surface area is 84.3 Å². The molecule has 2 nitrogen and oxygen atoms in total. The van der Waals surface area contributed by atoms with Crippen LogP contribution in [0.4, 0.5) is 10.1 Å². The van der Waals surface area contributed by atoms with Crippen LogP contribution >= 0.6 is 0 Å². The van der Waals surface area contributed by atoms with Gasteiger partial charge >= 0.3 is 0 Å². The van der Waals surface area contributed by atoms with Gasteiger partial charge in [-0.05, 0) is 30.2 Å². The molecule has 3 N–H and O–H groups in total. The predicted molar refractivity (Wildman–Crippen MR) is 57.7 cm³/mol. The van der Waals surface area contributed by atoms with Crippen LogP contribution in [0.1, 0.15) is 13.8 Å². The molecule has 0 saturated carbocycles. The van der Waals surface area contributed by atoms with Gasteiger partial charge in [-0.15, -0.1) is 0 Å². The van der Waals surface area contributed by atoms with Gasteiger partial charge in [0.15, 0.2) is 0 Å². The molecule has 0 spiro atoms. The summed E-state index contributed by atoms with van der Waals surface area (Å²) in [6, 6.07) is 6.56. The van der Waals surface area contributed by atoms with E-state index in [4.69, 9.17) is 5.73 Å². The lowest BCUT2D eigenvalue weighted by molar-refractivity contribution is 0.531. The Morgan fingerprint density at radius 1 is 1.29 bits per heavy atom. The summed E-state index contributed by atoms with van der Waals surface area (Å²) in [5.41, 5.74) is 6.53. The molecule has 1 aromatic carbocycles. The van der Waals surface area contributed by atoms with Gasteiger partial charge in [0.1, 0.15) is 5.82 Å². The van der Waals surface area contributed by atoms with Gasteiger partial charge in [0.2, 0.25) is 0 Å². The van der Waals surface area contributed by atoms with Crippen LogP contribution < -0.4 is 11.1 Å². The van der Waals surface area contributed by atoms with Crippen molar-refractivity contribution in [3.63, 3.8) is 0 Å². The Hall–Kier alpha value is -1.09. The Morgan fingerprint density at radius 2 is 1.86 bits per heavy atom. The van der Waals surface area contributed by atoms with E-state index in [0.717, 1.165) is 5.69 Å². The van der Waals surface area contributed by atoms with E-state index >= 15 is 0 Å². The highest BCUT2D eigenvalue weighted by Gasteiger charge is 2.10. The highest BCUT2D eigenvalue weighted by Crippen LogP contribution is 2.12. The first-order valence-electron chi connectivity index (χ1n) is 4.85. The number of nitrogens with one attached hydrogen (secondary N) is 1.